The Morgan fingerprint density at radius 3 is 2.56 bits per heavy atom. The smallest absolute Gasteiger partial charge is 0.452 e. The fourth-order valence-corrected chi connectivity index (χ4v) is 3.90. The molecule has 0 aliphatic carbocycles. The molecule has 3 aromatic rings. The van der Waals surface area contributed by atoms with Crippen molar-refractivity contribution < 1.29 is 27.8 Å². The molecular formula is C23H24F3N5O5. The van der Waals surface area contributed by atoms with Crippen molar-refractivity contribution in [3.8, 4) is 11.5 Å². The molecule has 2 aromatic heterocycles. The molecule has 1 unspecified atom stereocenters. The summed E-state index contributed by atoms with van der Waals surface area (Å²) in [5, 5.41) is 12.2. The van der Waals surface area contributed by atoms with Crippen LogP contribution in [0.1, 0.15) is 17.8 Å². The lowest BCUT2D eigenvalue weighted by atomic mass is 10.3. The van der Waals surface area contributed by atoms with Crippen molar-refractivity contribution in [2.45, 2.75) is 39.1 Å². The van der Waals surface area contributed by atoms with Crippen LogP contribution in [0.3, 0.4) is 0 Å². The number of nitrogens with one attached hydrogen (secondary N) is 1. The van der Waals surface area contributed by atoms with Crippen molar-refractivity contribution >= 4 is 11.5 Å². The second kappa shape index (κ2) is 9.93. The minimum atomic E-state index is -4.87. The third-order valence-corrected chi connectivity index (χ3v) is 5.46. The van der Waals surface area contributed by atoms with Gasteiger partial charge in [0.1, 0.15) is 23.0 Å². The number of anilines is 2. The van der Waals surface area contributed by atoms with E-state index in [4.69, 9.17) is 4.74 Å². The number of rotatable bonds is 8. The summed E-state index contributed by atoms with van der Waals surface area (Å²) < 4.78 is 50.2. The number of aliphatic hydroxyl groups excluding tert-OH is 1. The highest BCUT2D eigenvalue weighted by Gasteiger charge is 2.37. The van der Waals surface area contributed by atoms with Crippen LogP contribution in [0.4, 0.5) is 24.7 Å². The maximum absolute atomic E-state index is 13.4. The van der Waals surface area contributed by atoms with Crippen LogP contribution in [0.5, 0.6) is 11.5 Å². The minimum Gasteiger partial charge on any atom is -0.452 e. The zero-order valence-electron chi connectivity index (χ0n) is 19.5. The SMILES string of the molecule is Cc1cccc(CN2c3c(n(C)c(=O)n(CCCO)c3=O)NC2Oc2cccc(OC(F)(F)F)c2)n1. The predicted octanol–water partition coefficient (Wildman–Crippen LogP) is 2.33. The molecule has 1 aromatic carbocycles. The van der Waals surface area contributed by atoms with E-state index in [-0.39, 0.29) is 43.4 Å². The fraction of sp³-hybridized carbons (Fsp3) is 0.348. The molecule has 36 heavy (non-hydrogen) atoms. The summed E-state index contributed by atoms with van der Waals surface area (Å²) in [4.78, 5) is 32.2. The first-order valence-electron chi connectivity index (χ1n) is 11.0. The van der Waals surface area contributed by atoms with Gasteiger partial charge in [0, 0.05) is 32.0 Å². The summed E-state index contributed by atoms with van der Waals surface area (Å²) in [5.41, 5.74) is 0.292. The quantitative estimate of drug-likeness (QED) is 0.478. The van der Waals surface area contributed by atoms with Gasteiger partial charge in [0.05, 0.1) is 12.2 Å². The molecule has 0 radical (unpaired) electrons. The van der Waals surface area contributed by atoms with Gasteiger partial charge in [-0.3, -0.25) is 18.9 Å². The zero-order chi connectivity index (χ0) is 26.0. The van der Waals surface area contributed by atoms with Crippen LogP contribution in [0, 0.1) is 6.92 Å². The van der Waals surface area contributed by atoms with Gasteiger partial charge in [-0.1, -0.05) is 12.1 Å². The number of aromatic nitrogens is 3. The van der Waals surface area contributed by atoms with Gasteiger partial charge in [-0.05, 0) is 37.6 Å². The Hall–Kier alpha value is -4.00. The molecule has 0 saturated heterocycles. The molecule has 2 N–H and O–H groups in total. The van der Waals surface area contributed by atoms with Crippen LogP contribution in [0.15, 0.2) is 52.1 Å². The van der Waals surface area contributed by atoms with Crippen molar-refractivity contribution in [1.29, 1.82) is 0 Å². The molecule has 1 aliphatic heterocycles. The van der Waals surface area contributed by atoms with Gasteiger partial charge in [-0.15, -0.1) is 13.2 Å². The third-order valence-electron chi connectivity index (χ3n) is 5.46. The molecule has 192 valence electrons. The molecule has 3 heterocycles. The molecule has 4 rings (SSSR count). The van der Waals surface area contributed by atoms with Gasteiger partial charge in [0.2, 0.25) is 0 Å². The van der Waals surface area contributed by atoms with Gasteiger partial charge in [0.15, 0.2) is 0 Å². The Morgan fingerprint density at radius 2 is 1.86 bits per heavy atom. The van der Waals surface area contributed by atoms with E-state index in [1.807, 2.05) is 13.0 Å². The lowest BCUT2D eigenvalue weighted by molar-refractivity contribution is -0.274. The maximum atomic E-state index is 13.4. The topological polar surface area (TPSA) is 111 Å². The van der Waals surface area contributed by atoms with Crippen LogP contribution < -0.4 is 30.9 Å². The number of ether oxygens (including phenoxy) is 2. The van der Waals surface area contributed by atoms with Crippen molar-refractivity contribution in [3.05, 3.63) is 74.7 Å². The second-order valence-corrected chi connectivity index (χ2v) is 8.11. The number of aliphatic hydroxyl groups is 1. The van der Waals surface area contributed by atoms with Crippen molar-refractivity contribution in [1.82, 2.24) is 14.1 Å². The molecular weight excluding hydrogens is 483 g/mol. The van der Waals surface area contributed by atoms with Crippen LogP contribution in [0.25, 0.3) is 0 Å². The monoisotopic (exact) mass is 507 g/mol. The normalized spacial score (nSPS) is 14.9. The summed E-state index contributed by atoms with van der Waals surface area (Å²) in [6.07, 6.45) is -5.73. The summed E-state index contributed by atoms with van der Waals surface area (Å²) in [7, 11) is 1.48. The highest BCUT2D eigenvalue weighted by Crippen LogP contribution is 2.34. The van der Waals surface area contributed by atoms with Crippen LogP contribution in [-0.2, 0) is 20.1 Å². The molecule has 0 saturated carbocycles. The van der Waals surface area contributed by atoms with Crippen molar-refractivity contribution in [2.75, 3.05) is 16.8 Å². The Morgan fingerprint density at radius 1 is 1.14 bits per heavy atom. The number of hydrogen-bond acceptors (Lipinski definition) is 8. The molecule has 1 atom stereocenters. The lowest BCUT2D eigenvalue weighted by Gasteiger charge is -2.26. The first-order chi connectivity index (χ1) is 17.1. The van der Waals surface area contributed by atoms with Gasteiger partial charge in [-0.2, -0.15) is 0 Å². The van der Waals surface area contributed by atoms with E-state index in [1.54, 1.807) is 17.0 Å². The maximum Gasteiger partial charge on any atom is 0.573 e. The van der Waals surface area contributed by atoms with E-state index in [0.717, 1.165) is 22.4 Å². The Kier molecular flexibility index (Phi) is 6.93. The van der Waals surface area contributed by atoms with Crippen molar-refractivity contribution in [3.63, 3.8) is 0 Å². The molecule has 0 spiro atoms. The number of fused-ring (bicyclic) bond motifs is 1. The number of hydrogen-bond donors (Lipinski definition) is 2. The first kappa shape index (κ1) is 25.1. The Bertz CT molecular complexity index is 1370. The summed E-state index contributed by atoms with van der Waals surface area (Å²) in [5.74, 6) is -0.248. The average molecular weight is 507 g/mol. The molecule has 0 amide bonds. The predicted molar refractivity (Wildman–Crippen MR) is 124 cm³/mol. The number of benzene rings is 1. The number of pyridine rings is 1. The van der Waals surface area contributed by atoms with Gasteiger partial charge in [-0.25, -0.2) is 4.79 Å². The molecule has 0 fully saturated rings. The number of aryl methyl sites for hydroxylation is 1. The van der Waals surface area contributed by atoms with Crippen LogP contribution in [0.2, 0.25) is 0 Å². The minimum absolute atomic E-state index is 0.00811. The molecule has 13 heteroatoms. The van der Waals surface area contributed by atoms with Crippen molar-refractivity contribution in [2.24, 2.45) is 7.05 Å². The summed E-state index contributed by atoms with van der Waals surface area (Å²) >= 11 is 0. The van der Waals surface area contributed by atoms with E-state index in [0.29, 0.717) is 5.69 Å². The highest BCUT2D eigenvalue weighted by atomic mass is 19.4. The summed E-state index contributed by atoms with van der Waals surface area (Å²) in [6, 6.07) is 10.3. The van der Waals surface area contributed by atoms with E-state index in [9.17, 15) is 27.9 Å². The van der Waals surface area contributed by atoms with E-state index in [1.165, 1.54) is 23.7 Å². The lowest BCUT2D eigenvalue weighted by Crippen LogP contribution is -2.43. The number of alkyl halides is 3. The Labute approximate surface area is 203 Å². The molecule has 1 aliphatic rings. The third kappa shape index (κ3) is 5.30. The van der Waals surface area contributed by atoms with Gasteiger partial charge >= 0.3 is 12.1 Å². The van der Waals surface area contributed by atoms with Gasteiger partial charge in [0.25, 0.3) is 11.9 Å². The number of nitrogens with zero attached hydrogens (tertiary/aromatic N) is 4. The van der Waals surface area contributed by atoms with Gasteiger partial charge < -0.3 is 24.8 Å². The first-order valence-corrected chi connectivity index (χ1v) is 11.0. The standard InChI is InChI=1S/C23H24F3N5O5/c1-14-6-3-7-15(27-14)13-31-18-19(29(2)22(34)30(20(18)33)10-5-11-32)28-21(31)35-16-8-4-9-17(12-16)36-23(24,25)26/h3-4,6-9,12,21,28,32H,5,10-11,13H2,1-2H3. The van der Waals surface area contributed by atoms with E-state index in [2.05, 4.69) is 15.0 Å². The fourth-order valence-electron chi connectivity index (χ4n) is 3.90. The molecule has 0 bridgehead atoms. The number of halogens is 3. The average Bonchev–Trinajstić information content (AvgIpc) is 3.15. The molecule has 10 nitrogen and oxygen atoms in total. The second-order valence-electron chi connectivity index (χ2n) is 8.11. The highest BCUT2D eigenvalue weighted by molar-refractivity contribution is 5.71. The van der Waals surface area contributed by atoms with Crippen LogP contribution in [-0.4, -0.2) is 38.5 Å². The Balaban J connectivity index is 1.75. The van der Waals surface area contributed by atoms with E-state index < -0.39 is 29.7 Å². The largest absolute Gasteiger partial charge is 0.573 e. The zero-order valence-corrected chi connectivity index (χ0v) is 19.5. The van der Waals surface area contributed by atoms with Crippen LogP contribution >= 0.6 is 0 Å². The summed E-state index contributed by atoms with van der Waals surface area (Å²) in [6.45, 7) is 1.71. The van der Waals surface area contributed by atoms with E-state index >= 15 is 0 Å².